The summed E-state index contributed by atoms with van der Waals surface area (Å²) < 4.78 is 0. The first-order valence-electron chi connectivity index (χ1n) is 9.09. The predicted molar refractivity (Wildman–Crippen MR) is 101 cm³/mol. The molecule has 2 aromatic rings. The van der Waals surface area contributed by atoms with Crippen LogP contribution in [0.1, 0.15) is 44.7 Å². The van der Waals surface area contributed by atoms with Crippen LogP contribution in [0.15, 0.2) is 42.7 Å². The Balaban J connectivity index is 1.49. The molecule has 1 saturated heterocycles. The zero-order chi connectivity index (χ0) is 18.5. The lowest BCUT2D eigenvalue weighted by Gasteiger charge is -2.32. The molecule has 1 aliphatic heterocycles. The van der Waals surface area contributed by atoms with E-state index in [1.807, 2.05) is 36.9 Å². The van der Waals surface area contributed by atoms with Crippen molar-refractivity contribution in [3.8, 4) is 0 Å². The molecule has 0 aliphatic carbocycles. The fourth-order valence-corrected chi connectivity index (χ4v) is 3.33. The third-order valence-electron chi connectivity index (χ3n) is 5.02. The van der Waals surface area contributed by atoms with Crippen LogP contribution in [-0.4, -0.2) is 41.3 Å². The first-order valence-corrected chi connectivity index (χ1v) is 9.09. The van der Waals surface area contributed by atoms with Crippen LogP contribution in [0.2, 0.25) is 0 Å². The van der Waals surface area contributed by atoms with E-state index in [4.69, 9.17) is 0 Å². The van der Waals surface area contributed by atoms with Crippen molar-refractivity contribution in [2.24, 2.45) is 5.92 Å². The molecule has 1 fully saturated rings. The van der Waals surface area contributed by atoms with Crippen molar-refractivity contribution in [2.45, 2.75) is 26.7 Å². The van der Waals surface area contributed by atoms with E-state index in [9.17, 15) is 9.59 Å². The molecule has 136 valence electrons. The molecule has 0 spiro atoms. The number of hydrogen-bond donors (Lipinski definition) is 1. The first kappa shape index (κ1) is 18.1. The number of pyridine rings is 1. The summed E-state index contributed by atoms with van der Waals surface area (Å²) in [5.41, 5.74) is 3.51. The Hall–Kier alpha value is -2.69. The van der Waals surface area contributed by atoms with Gasteiger partial charge in [-0.1, -0.05) is 17.7 Å². The van der Waals surface area contributed by atoms with Gasteiger partial charge in [0, 0.05) is 43.2 Å². The quantitative estimate of drug-likeness (QED) is 0.921. The highest BCUT2D eigenvalue weighted by Gasteiger charge is 2.24. The minimum Gasteiger partial charge on any atom is -0.352 e. The number of benzene rings is 1. The van der Waals surface area contributed by atoms with E-state index in [-0.39, 0.29) is 11.8 Å². The van der Waals surface area contributed by atoms with Crippen molar-refractivity contribution in [1.29, 1.82) is 0 Å². The average Bonchev–Trinajstić information content (AvgIpc) is 2.68. The highest BCUT2D eigenvalue weighted by atomic mass is 16.2. The Kier molecular flexibility index (Phi) is 5.66. The number of amides is 2. The van der Waals surface area contributed by atoms with E-state index in [0.29, 0.717) is 18.0 Å². The van der Waals surface area contributed by atoms with Gasteiger partial charge in [0.05, 0.1) is 0 Å². The summed E-state index contributed by atoms with van der Waals surface area (Å²) in [5.74, 6) is 0.456. The van der Waals surface area contributed by atoms with Crippen LogP contribution in [0.5, 0.6) is 0 Å². The van der Waals surface area contributed by atoms with Gasteiger partial charge in [0.2, 0.25) is 0 Å². The van der Waals surface area contributed by atoms with E-state index < -0.39 is 0 Å². The molecular formula is C21H25N3O2. The number of carbonyl (C=O) groups is 2. The Morgan fingerprint density at radius 2 is 1.81 bits per heavy atom. The van der Waals surface area contributed by atoms with E-state index in [1.165, 1.54) is 0 Å². The summed E-state index contributed by atoms with van der Waals surface area (Å²) in [4.78, 5) is 30.7. The third kappa shape index (κ3) is 4.28. The largest absolute Gasteiger partial charge is 0.352 e. The fraction of sp³-hybridized carbons (Fsp3) is 0.381. The van der Waals surface area contributed by atoms with Gasteiger partial charge in [-0.25, -0.2) is 0 Å². The summed E-state index contributed by atoms with van der Waals surface area (Å²) in [5, 5.41) is 3.06. The Labute approximate surface area is 154 Å². The van der Waals surface area contributed by atoms with Crippen LogP contribution in [0.25, 0.3) is 0 Å². The van der Waals surface area contributed by atoms with E-state index >= 15 is 0 Å². The van der Waals surface area contributed by atoms with Gasteiger partial charge in [-0.05, 0) is 56.4 Å². The molecule has 0 atom stereocenters. The van der Waals surface area contributed by atoms with E-state index in [1.54, 1.807) is 24.5 Å². The first-order chi connectivity index (χ1) is 12.5. The van der Waals surface area contributed by atoms with Crippen LogP contribution in [0.3, 0.4) is 0 Å². The minimum atomic E-state index is -0.0125. The van der Waals surface area contributed by atoms with Crippen molar-refractivity contribution in [3.63, 3.8) is 0 Å². The minimum absolute atomic E-state index is 0.0125. The third-order valence-corrected chi connectivity index (χ3v) is 5.02. The van der Waals surface area contributed by atoms with Crippen LogP contribution in [0.4, 0.5) is 0 Å². The van der Waals surface area contributed by atoms with Crippen molar-refractivity contribution in [1.82, 2.24) is 15.2 Å². The zero-order valence-electron chi connectivity index (χ0n) is 15.4. The lowest BCUT2D eigenvalue weighted by atomic mass is 9.96. The van der Waals surface area contributed by atoms with Gasteiger partial charge in [-0.15, -0.1) is 0 Å². The van der Waals surface area contributed by atoms with Gasteiger partial charge < -0.3 is 10.2 Å². The number of piperidine rings is 1. The molecule has 1 aromatic heterocycles. The molecule has 3 rings (SSSR count). The van der Waals surface area contributed by atoms with Gasteiger partial charge in [0.1, 0.15) is 0 Å². The maximum absolute atomic E-state index is 12.5. The maximum Gasteiger partial charge on any atom is 0.253 e. The summed E-state index contributed by atoms with van der Waals surface area (Å²) in [6, 6.07) is 9.42. The van der Waals surface area contributed by atoms with Crippen LogP contribution in [-0.2, 0) is 0 Å². The molecule has 1 N–H and O–H groups in total. The number of carbonyl (C=O) groups excluding carboxylic acids is 2. The number of nitrogens with one attached hydrogen (secondary N) is 1. The van der Waals surface area contributed by atoms with Crippen LogP contribution < -0.4 is 5.32 Å². The lowest BCUT2D eigenvalue weighted by Crippen LogP contribution is -2.41. The van der Waals surface area contributed by atoms with Gasteiger partial charge in [-0.3, -0.25) is 14.6 Å². The Morgan fingerprint density at radius 3 is 2.50 bits per heavy atom. The highest BCUT2D eigenvalue weighted by Crippen LogP contribution is 2.19. The molecular weight excluding hydrogens is 326 g/mol. The van der Waals surface area contributed by atoms with Gasteiger partial charge >= 0.3 is 0 Å². The topological polar surface area (TPSA) is 62.3 Å². The van der Waals surface area contributed by atoms with Crippen molar-refractivity contribution in [3.05, 3.63) is 65.0 Å². The molecule has 0 bridgehead atoms. The van der Waals surface area contributed by atoms with Crippen molar-refractivity contribution in [2.75, 3.05) is 19.6 Å². The van der Waals surface area contributed by atoms with Crippen molar-refractivity contribution < 1.29 is 9.59 Å². The molecule has 2 heterocycles. The number of aromatic nitrogens is 1. The average molecular weight is 351 g/mol. The molecule has 0 unspecified atom stereocenters. The normalized spacial score (nSPS) is 14.9. The molecule has 0 radical (unpaired) electrons. The second kappa shape index (κ2) is 8.13. The van der Waals surface area contributed by atoms with Crippen molar-refractivity contribution >= 4 is 11.8 Å². The predicted octanol–water partition coefficient (Wildman–Crippen LogP) is 2.98. The summed E-state index contributed by atoms with van der Waals surface area (Å²) in [7, 11) is 0. The smallest absolute Gasteiger partial charge is 0.253 e. The maximum atomic E-state index is 12.5. The van der Waals surface area contributed by atoms with Gasteiger partial charge in [-0.2, -0.15) is 0 Å². The highest BCUT2D eigenvalue weighted by molar-refractivity contribution is 5.96. The monoisotopic (exact) mass is 351 g/mol. The number of likely N-dealkylation sites (tertiary alicyclic amines) is 1. The number of hydrogen-bond acceptors (Lipinski definition) is 3. The second-order valence-corrected chi connectivity index (χ2v) is 7.00. The van der Waals surface area contributed by atoms with Gasteiger partial charge in [0.25, 0.3) is 11.8 Å². The molecule has 1 aromatic carbocycles. The van der Waals surface area contributed by atoms with E-state index in [0.717, 1.165) is 42.6 Å². The molecule has 5 nitrogen and oxygen atoms in total. The summed E-state index contributed by atoms with van der Waals surface area (Å²) in [6.45, 7) is 6.06. The van der Waals surface area contributed by atoms with E-state index in [2.05, 4.69) is 10.3 Å². The number of rotatable bonds is 4. The SMILES string of the molecule is Cc1ccc(C)c(C(=O)NCC2CCN(C(=O)c3ccncc3)CC2)c1. The Morgan fingerprint density at radius 1 is 1.12 bits per heavy atom. The fourth-order valence-electron chi connectivity index (χ4n) is 3.33. The second-order valence-electron chi connectivity index (χ2n) is 7.00. The summed E-state index contributed by atoms with van der Waals surface area (Å²) in [6.07, 6.45) is 5.10. The molecule has 1 aliphatic rings. The molecule has 26 heavy (non-hydrogen) atoms. The van der Waals surface area contributed by atoms with Gasteiger partial charge in [0.15, 0.2) is 0 Å². The Bertz CT molecular complexity index is 781. The van der Waals surface area contributed by atoms with Crippen LogP contribution in [0, 0.1) is 19.8 Å². The zero-order valence-corrected chi connectivity index (χ0v) is 15.4. The molecule has 5 heteroatoms. The lowest BCUT2D eigenvalue weighted by molar-refractivity contribution is 0.0684. The van der Waals surface area contributed by atoms with Crippen LogP contribution >= 0.6 is 0 Å². The standard InChI is InChI=1S/C21H25N3O2/c1-15-3-4-16(2)19(13-15)20(25)23-14-17-7-11-24(12-8-17)21(26)18-5-9-22-10-6-18/h3-6,9-10,13,17H,7-8,11-12,14H2,1-2H3,(H,23,25). The molecule has 0 saturated carbocycles. The number of aryl methyl sites for hydroxylation is 2. The molecule has 2 amide bonds. The summed E-state index contributed by atoms with van der Waals surface area (Å²) >= 11 is 0. The number of nitrogens with zero attached hydrogens (tertiary/aromatic N) is 2.